The zero-order chi connectivity index (χ0) is 11.3. The number of carbonyl (C=O) groups is 1. The van der Waals surface area contributed by atoms with E-state index in [1.165, 1.54) is 14.2 Å². The Morgan fingerprint density at radius 2 is 1.80 bits per heavy atom. The van der Waals surface area contributed by atoms with E-state index in [-0.39, 0.29) is 24.5 Å². The van der Waals surface area contributed by atoms with Crippen molar-refractivity contribution in [1.82, 2.24) is 15.0 Å². The Kier molecular flexibility index (Phi) is 3.61. The van der Waals surface area contributed by atoms with E-state index in [9.17, 15) is 4.79 Å². The molecule has 3 N–H and O–H groups in total. The second kappa shape index (κ2) is 4.94. The van der Waals surface area contributed by atoms with Gasteiger partial charge in [-0.15, -0.1) is 4.98 Å². The smallest absolute Gasteiger partial charge is 0.324 e. The first kappa shape index (κ1) is 11.0. The van der Waals surface area contributed by atoms with Gasteiger partial charge in [0.15, 0.2) is 0 Å². The molecule has 0 aliphatic rings. The topological polar surface area (TPSA) is 112 Å². The van der Waals surface area contributed by atoms with Crippen LogP contribution in [0.25, 0.3) is 0 Å². The predicted molar refractivity (Wildman–Crippen MR) is 50.6 cm³/mol. The Hall–Kier alpha value is -2.12. The van der Waals surface area contributed by atoms with Gasteiger partial charge in [0.05, 0.1) is 20.8 Å². The van der Waals surface area contributed by atoms with Gasteiger partial charge in [0.2, 0.25) is 11.9 Å². The molecule has 1 aromatic rings. The number of aromatic nitrogens is 3. The summed E-state index contributed by atoms with van der Waals surface area (Å²) in [5.74, 6) is -0.356. The number of methoxy groups -OCH3 is 2. The van der Waals surface area contributed by atoms with Crippen molar-refractivity contribution in [2.75, 3.05) is 26.1 Å². The fourth-order valence-electron chi connectivity index (χ4n) is 0.766. The van der Waals surface area contributed by atoms with Crippen LogP contribution in [0.4, 0.5) is 5.95 Å². The number of carbonyl (C=O) groups excluding carboxylic acids is 1. The first-order valence-corrected chi connectivity index (χ1v) is 4.02. The standard InChI is InChI=1S/C7H11N5O3/c1-14-6-10-5(9-3-4(8)13)11-7(12-6)15-2/h3H2,1-2H3,(H2,8,13)(H,9,10,11,12). The Bertz CT molecular complexity index is 334. The molecule has 0 aromatic carbocycles. The molecule has 1 rings (SSSR count). The summed E-state index contributed by atoms with van der Waals surface area (Å²) < 4.78 is 9.61. The van der Waals surface area contributed by atoms with E-state index in [1.807, 2.05) is 0 Å². The van der Waals surface area contributed by atoms with Crippen molar-refractivity contribution < 1.29 is 14.3 Å². The number of nitrogens with two attached hydrogens (primary N) is 1. The van der Waals surface area contributed by atoms with Gasteiger partial charge in [-0.3, -0.25) is 4.79 Å². The first-order valence-electron chi connectivity index (χ1n) is 4.02. The summed E-state index contributed by atoms with van der Waals surface area (Å²) in [5, 5.41) is 2.60. The van der Waals surface area contributed by atoms with Crippen LogP contribution in [-0.2, 0) is 4.79 Å². The lowest BCUT2D eigenvalue weighted by atomic mass is 10.6. The third kappa shape index (κ3) is 3.25. The van der Waals surface area contributed by atoms with Crippen LogP contribution >= 0.6 is 0 Å². The fourth-order valence-corrected chi connectivity index (χ4v) is 0.766. The van der Waals surface area contributed by atoms with Gasteiger partial charge < -0.3 is 20.5 Å². The summed E-state index contributed by atoms with van der Waals surface area (Å²) in [6.45, 7) is -0.0731. The largest absolute Gasteiger partial charge is 0.467 e. The molecule has 15 heavy (non-hydrogen) atoms. The third-order valence-corrected chi connectivity index (χ3v) is 1.38. The molecule has 0 atom stereocenters. The number of rotatable bonds is 5. The van der Waals surface area contributed by atoms with E-state index in [0.29, 0.717) is 0 Å². The monoisotopic (exact) mass is 213 g/mol. The molecule has 0 radical (unpaired) electrons. The van der Waals surface area contributed by atoms with Crippen molar-refractivity contribution in [2.24, 2.45) is 5.73 Å². The highest BCUT2D eigenvalue weighted by Crippen LogP contribution is 2.11. The third-order valence-electron chi connectivity index (χ3n) is 1.38. The maximum Gasteiger partial charge on any atom is 0.324 e. The first-order chi connectivity index (χ1) is 7.15. The van der Waals surface area contributed by atoms with E-state index in [2.05, 4.69) is 20.3 Å². The average Bonchev–Trinajstić information content (AvgIpc) is 2.25. The van der Waals surface area contributed by atoms with Crippen molar-refractivity contribution in [3.63, 3.8) is 0 Å². The minimum atomic E-state index is -0.520. The summed E-state index contributed by atoms with van der Waals surface area (Å²) in [4.78, 5) is 21.9. The van der Waals surface area contributed by atoms with E-state index >= 15 is 0 Å². The highest BCUT2D eigenvalue weighted by Gasteiger charge is 2.06. The fraction of sp³-hybridized carbons (Fsp3) is 0.429. The van der Waals surface area contributed by atoms with Gasteiger partial charge in [-0.1, -0.05) is 0 Å². The molecule has 1 aromatic heterocycles. The lowest BCUT2D eigenvalue weighted by molar-refractivity contribution is -0.116. The number of ether oxygens (including phenoxy) is 2. The molecule has 0 unspecified atom stereocenters. The molecular formula is C7H11N5O3. The maximum absolute atomic E-state index is 10.5. The SMILES string of the molecule is COc1nc(NCC(N)=O)nc(OC)n1. The van der Waals surface area contributed by atoms with Crippen LogP contribution in [0.5, 0.6) is 12.0 Å². The van der Waals surface area contributed by atoms with E-state index in [1.54, 1.807) is 0 Å². The number of primary amides is 1. The number of amides is 1. The number of hydrogen-bond donors (Lipinski definition) is 2. The molecule has 8 heteroatoms. The molecule has 82 valence electrons. The molecule has 0 aliphatic carbocycles. The van der Waals surface area contributed by atoms with E-state index in [0.717, 1.165) is 0 Å². The summed E-state index contributed by atoms with van der Waals surface area (Å²) in [6.07, 6.45) is 0. The molecular weight excluding hydrogens is 202 g/mol. The van der Waals surface area contributed by atoms with Crippen molar-refractivity contribution in [3.8, 4) is 12.0 Å². The quantitative estimate of drug-likeness (QED) is 0.630. The highest BCUT2D eigenvalue weighted by molar-refractivity contribution is 5.78. The Labute approximate surface area is 85.8 Å². The molecule has 0 fully saturated rings. The van der Waals surface area contributed by atoms with Gasteiger partial charge >= 0.3 is 12.0 Å². The van der Waals surface area contributed by atoms with Crippen LogP contribution in [-0.4, -0.2) is 41.6 Å². The van der Waals surface area contributed by atoms with E-state index < -0.39 is 5.91 Å². The van der Waals surface area contributed by atoms with Gasteiger partial charge in [-0.05, 0) is 0 Å². The normalized spacial score (nSPS) is 9.47. The number of hydrogen-bond acceptors (Lipinski definition) is 7. The Balaban J connectivity index is 2.81. The number of anilines is 1. The van der Waals surface area contributed by atoms with Crippen LogP contribution in [0.3, 0.4) is 0 Å². The van der Waals surface area contributed by atoms with E-state index in [4.69, 9.17) is 15.2 Å². The molecule has 0 aliphatic heterocycles. The van der Waals surface area contributed by atoms with Crippen LogP contribution in [0.2, 0.25) is 0 Å². The Morgan fingerprint density at radius 3 is 2.20 bits per heavy atom. The molecule has 0 spiro atoms. The molecule has 1 amide bonds. The average molecular weight is 213 g/mol. The van der Waals surface area contributed by atoms with Crippen molar-refractivity contribution >= 4 is 11.9 Å². The van der Waals surface area contributed by atoms with Crippen LogP contribution in [0.1, 0.15) is 0 Å². The zero-order valence-corrected chi connectivity index (χ0v) is 8.35. The lowest BCUT2D eigenvalue weighted by Crippen LogP contribution is -2.23. The van der Waals surface area contributed by atoms with Crippen LogP contribution < -0.4 is 20.5 Å². The summed E-state index contributed by atoms with van der Waals surface area (Å²) in [5.41, 5.74) is 4.95. The molecule has 0 bridgehead atoms. The van der Waals surface area contributed by atoms with Gasteiger partial charge in [-0.25, -0.2) is 0 Å². The predicted octanol–water partition coefficient (Wildman–Crippen LogP) is -1.21. The maximum atomic E-state index is 10.5. The second-order valence-electron chi connectivity index (χ2n) is 2.45. The summed E-state index contributed by atoms with van der Waals surface area (Å²) >= 11 is 0. The van der Waals surface area contributed by atoms with Gasteiger partial charge in [-0.2, -0.15) is 9.97 Å². The van der Waals surface area contributed by atoms with Crippen molar-refractivity contribution in [2.45, 2.75) is 0 Å². The molecule has 8 nitrogen and oxygen atoms in total. The molecule has 1 heterocycles. The minimum absolute atomic E-state index is 0.0731. The molecule has 0 saturated carbocycles. The van der Waals surface area contributed by atoms with Gasteiger partial charge in [0, 0.05) is 0 Å². The lowest BCUT2D eigenvalue weighted by Gasteiger charge is -2.05. The summed E-state index contributed by atoms with van der Waals surface area (Å²) in [7, 11) is 2.82. The number of nitrogens with one attached hydrogen (secondary N) is 1. The van der Waals surface area contributed by atoms with Crippen LogP contribution in [0, 0.1) is 0 Å². The highest BCUT2D eigenvalue weighted by atomic mass is 16.5. The zero-order valence-electron chi connectivity index (χ0n) is 8.35. The van der Waals surface area contributed by atoms with Crippen molar-refractivity contribution in [3.05, 3.63) is 0 Å². The molecule has 0 saturated heterocycles. The van der Waals surface area contributed by atoms with Gasteiger partial charge in [0.25, 0.3) is 0 Å². The summed E-state index contributed by atoms with van der Waals surface area (Å²) in [6, 6.07) is 0.183. The van der Waals surface area contributed by atoms with Gasteiger partial charge in [0.1, 0.15) is 0 Å². The second-order valence-corrected chi connectivity index (χ2v) is 2.45. The van der Waals surface area contributed by atoms with Crippen molar-refractivity contribution in [1.29, 1.82) is 0 Å². The minimum Gasteiger partial charge on any atom is -0.467 e. The number of nitrogens with zero attached hydrogens (tertiary/aromatic N) is 3. The van der Waals surface area contributed by atoms with Crippen LogP contribution in [0.15, 0.2) is 0 Å². The Morgan fingerprint density at radius 1 is 1.27 bits per heavy atom.